The molecule has 1 aromatic heterocycles. The number of aliphatic carboxylic acids is 1. The molecule has 0 spiro atoms. The van der Waals surface area contributed by atoms with E-state index in [2.05, 4.69) is 11.9 Å². The van der Waals surface area contributed by atoms with Gasteiger partial charge in [0.15, 0.2) is 0 Å². The maximum absolute atomic E-state index is 13.9. The van der Waals surface area contributed by atoms with E-state index in [0.29, 0.717) is 12.0 Å². The summed E-state index contributed by atoms with van der Waals surface area (Å²) >= 11 is 0. The molecule has 0 aliphatic rings. The van der Waals surface area contributed by atoms with Crippen molar-refractivity contribution >= 4 is 16.9 Å². The quantitative estimate of drug-likeness (QED) is 0.807. The van der Waals surface area contributed by atoms with E-state index in [-0.39, 0.29) is 12.2 Å². The minimum absolute atomic E-state index is 0.177. The highest BCUT2D eigenvalue weighted by molar-refractivity contribution is 5.84. The van der Waals surface area contributed by atoms with Crippen LogP contribution in [0.4, 0.5) is 4.39 Å². The Bertz CT molecular complexity index is 710. The Kier molecular flexibility index (Phi) is 5.11. The molecule has 0 fully saturated rings. The van der Waals surface area contributed by atoms with Crippen LogP contribution in [0.25, 0.3) is 10.9 Å². The molecule has 2 aromatic rings. The van der Waals surface area contributed by atoms with Crippen LogP contribution in [0.15, 0.2) is 12.1 Å². The van der Waals surface area contributed by atoms with E-state index in [1.54, 1.807) is 19.1 Å². The van der Waals surface area contributed by atoms with Gasteiger partial charge >= 0.3 is 5.97 Å². The summed E-state index contributed by atoms with van der Waals surface area (Å²) in [5.41, 5.74) is 4.67. The molecule has 4 heteroatoms. The first-order valence-electron chi connectivity index (χ1n) is 7.74. The number of carbonyl (C=O) groups is 1. The van der Waals surface area contributed by atoms with E-state index in [1.807, 2.05) is 6.92 Å². The monoisotopic (exact) mass is 303 g/mol. The first-order valence-corrected chi connectivity index (χ1v) is 7.74. The third-order valence-electron chi connectivity index (χ3n) is 4.15. The van der Waals surface area contributed by atoms with Gasteiger partial charge in [-0.15, -0.1) is 0 Å². The summed E-state index contributed by atoms with van der Waals surface area (Å²) in [7, 11) is 0. The van der Waals surface area contributed by atoms with Gasteiger partial charge in [-0.25, -0.2) is 4.39 Å². The van der Waals surface area contributed by atoms with E-state index in [1.165, 1.54) is 0 Å². The highest BCUT2D eigenvalue weighted by Crippen LogP contribution is 2.27. The number of aromatic nitrogens is 1. The van der Waals surface area contributed by atoms with Gasteiger partial charge in [0.2, 0.25) is 0 Å². The van der Waals surface area contributed by atoms with Crippen molar-refractivity contribution < 1.29 is 14.3 Å². The van der Waals surface area contributed by atoms with Gasteiger partial charge in [0, 0.05) is 17.5 Å². The van der Waals surface area contributed by atoms with Crippen molar-refractivity contribution in [2.45, 2.75) is 52.9 Å². The molecule has 1 heterocycles. The fourth-order valence-corrected chi connectivity index (χ4v) is 2.85. The van der Waals surface area contributed by atoms with Crippen LogP contribution in [0.3, 0.4) is 0 Å². The van der Waals surface area contributed by atoms with E-state index in [9.17, 15) is 9.18 Å². The number of hydrogen-bond donors (Lipinski definition) is 1. The number of pyridine rings is 1. The van der Waals surface area contributed by atoms with E-state index in [0.717, 1.165) is 47.0 Å². The maximum Gasteiger partial charge on any atom is 0.303 e. The van der Waals surface area contributed by atoms with Crippen molar-refractivity contribution in [3.05, 3.63) is 40.3 Å². The predicted molar refractivity (Wildman–Crippen MR) is 85.7 cm³/mol. The average Bonchev–Trinajstić information content (AvgIpc) is 2.46. The molecule has 0 amide bonds. The lowest BCUT2D eigenvalue weighted by molar-refractivity contribution is -0.137. The highest BCUT2D eigenvalue weighted by atomic mass is 19.1. The zero-order valence-electron chi connectivity index (χ0n) is 13.4. The molecule has 1 N–H and O–H groups in total. The highest BCUT2D eigenvalue weighted by Gasteiger charge is 2.13. The van der Waals surface area contributed by atoms with Crippen LogP contribution in [0.5, 0.6) is 0 Å². The molecule has 0 unspecified atom stereocenters. The van der Waals surface area contributed by atoms with Crippen LogP contribution >= 0.6 is 0 Å². The average molecular weight is 303 g/mol. The Hall–Kier alpha value is -1.97. The molecular formula is C18H22FNO2. The molecule has 22 heavy (non-hydrogen) atoms. The van der Waals surface area contributed by atoms with Gasteiger partial charge in [-0.05, 0) is 68.4 Å². The maximum atomic E-state index is 13.9. The Morgan fingerprint density at radius 3 is 2.64 bits per heavy atom. The van der Waals surface area contributed by atoms with Gasteiger partial charge in [-0.2, -0.15) is 0 Å². The van der Waals surface area contributed by atoms with Crippen LogP contribution in [-0.2, 0) is 17.6 Å². The zero-order chi connectivity index (χ0) is 16.3. The van der Waals surface area contributed by atoms with Gasteiger partial charge in [0.1, 0.15) is 5.82 Å². The zero-order valence-corrected chi connectivity index (χ0v) is 13.4. The topological polar surface area (TPSA) is 50.2 Å². The number of unbranched alkanes of at least 4 members (excludes halogenated alkanes) is 1. The number of carboxylic acids is 1. The number of carboxylic acid groups (broad SMARTS) is 1. The molecule has 2 rings (SSSR count). The van der Waals surface area contributed by atoms with Crippen molar-refractivity contribution in [3.63, 3.8) is 0 Å². The summed E-state index contributed by atoms with van der Waals surface area (Å²) in [6.45, 7) is 5.83. The SMILES string of the molecule is CCc1nc2cc(C)c(F)cc2c(CCCCC(=O)O)c1C. The Morgan fingerprint density at radius 2 is 2.00 bits per heavy atom. The van der Waals surface area contributed by atoms with E-state index >= 15 is 0 Å². The van der Waals surface area contributed by atoms with Gasteiger partial charge < -0.3 is 5.11 Å². The number of benzene rings is 1. The molecular weight excluding hydrogens is 281 g/mol. The molecule has 0 saturated heterocycles. The molecule has 0 bridgehead atoms. The molecule has 3 nitrogen and oxygen atoms in total. The van der Waals surface area contributed by atoms with E-state index in [4.69, 9.17) is 5.11 Å². The van der Waals surface area contributed by atoms with Gasteiger partial charge in [0.25, 0.3) is 0 Å². The second-order valence-electron chi connectivity index (χ2n) is 5.73. The third-order valence-corrected chi connectivity index (χ3v) is 4.15. The van der Waals surface area contributed by atoms with Crippen molar-refractivity contribution in [1.29, 1.82) is 0 Å². The van der Waals surface area contributed by atoms with Crippen molar-refractivity contribution in [1.82, 2.24) is 4.98 Å². The fraction of sp³-hybridized carbons (Fsp3) is 0.444. The van der Waals surface area contributed by atoms with Crippen LogP contribution in [0, 0.1) is 19.7 Å². The number of rotatable bonds is 6. The lowest BCUT2D eigenvalue weighted by Crippen LogP contribution is -2.03. The van der Waals surface area contributed by atoms with Crippen LogP contribution in [0.2, 0.25) is 0 Å². The molecule has 118 valence electrons. The second kappa shape index (κ2) is 6.86. The number of fused-ring (bicyclic) bond motifs is 1. The summed E-state index contributed by atoms with van der Waals surface area (Å²) in [4.78, 5) is 15.3. The number of aryl methyl sites for hydroxylation is 3. The first kappa shape index (κ1) is 16.4. The predicted octanol–water partition coefficient (Wildman–Crippen LogP) is 4.35. The number of hydrogen-bond acceptors (Lipinski definition) is 2. The fourth-order valence-electron chi connectivity index (χ4n) is 2.85. The molecule has 0 atom stereocenters. The van der Waals surface area contributed by atoms with Crippen LogP contribution < -0.4 is 0 Å². The summed E-state index contributed by atoms with van der Waals surface area (Å²) in [6.07, 6.45) is 3.18. The Balaban J connectivity index is 2.42. The smallest absolute Gasteiger partial charge is 0.303 e. The summed E-state index contributed by atoms with van der Waals surface area (Å²) in [5, 5.41) is 9.58. The Morgan fingerprint density at radius 1 is 1.27 bits per heavy atom. The second-order valence-corrected chi connectivity index (χ2v) is 5.73. The van der Waals surface area contributed by atoms with Crippen molar-refractivity contribution in [2.75, 3.05) is 0 Å². The molecule has 0 saturated carbocycles. The van der Waals surface area contributed by atoms with Gasteiger partial charge in [-0.3, -0.25) is 9.78 Å². The molecule has 0 aliphatic carbocycles. The van der Waals surface area contributed by atoms with E-state index < -0.39 is 5.97 Å². The van der Waals surface area contributed by atoms with Gasteiger partial charge in [-0.1, -0.05) is 6.92 Å². The first-order chi connectivity index (χ1) is 10.4. The number of halogens is 1. The minimum Gasteiger partial charge on any atom is -0.481 e. The summed E-state index contributed by atoms with van der Waals surface area (Å²) in [5.74, 6) is -0.989. The van der Waals surface area contributed by atoms with Crippen LogP contribution in [0.1, 0.15) is 48.6 Å². The lowest BCUT2D eigenvalue weighted by Gasteiger charge is -2.14. The molecule has 0 radical (unpaired) electrons. The summed E-state index contributed by atoms with van der Waals surface area (Å²) in [6, 6.07) is 3.36. The lowest BCUT2D eigenvalue weighted by atomic mass is 9.95. The standard InChI is InChI=1S/C18H22FNO2/c1-4-16-12(3)13(7-5-6-8-18(21)22)14-10-15(19)11(2)9-17(14)20-16/h9-10H,4-8H2,1-3H3,(H,21,22). The summed E-state index contributed by atoms with van der Waals surface area (Å²) < 4.78 is 13.9. The van der Waals surface area contributed by atoms with Crippen molar-refractivity contribution in [2.24, 2.45) is 0 Å². The third kappa shape index (κ3) is 3.43. The van der Waals surface area contributed by atoms with Crippen molar-refractivity contribution in [3.8, 4) is 0 Å². The normalized spacial score (nSPS) is 11.1. The minimum atomic E-state index is -0.771. The van der Waals surface area contributed by atoms with Gasteiger partial charge in [0.05, 0.1) is 5.52 Å². The van der Waals surface area contributed by atoms with Crippen LogP contribution in [-0.4, -0.2) is 16.1 Å². The molecule has 0 aliphatic heterocycles. The largest absolute Gasteiger partial charge is 0.481 e. The molecule has 1 aromatic carbocycles. The Labute approximate surface area is 130 Å². The number of nitrogens with zero attached hydrogens (tertiary/aromatic N) is 1.